The standard InChI is InChI=1S/C15H14N4O/c1-18-13-8-4-3-7-12(13)17-15(18)19(2)14(20)11-6-5-9-16-10-11/h3-10H,1-2H3. The Morgan fingerprint density at radius 2 is 2.00 bits per heavy atom. The molecule has 0 radical (unpaired) electrons. The largest absolute Gasteiger partial charge is 0.313 e. The SMILES string of the molecule is CN(C(=O)c1cccnc1)c1nc2ccccc2n1C. The van der Waals surface area contributed by atoms with E-state index >= 15 is 0 Å². The van der Waals surface area contributed by atoms with Gasteiger partial charge in [-0.1, -0.05) is 12.1 Å². The minimum atomic E-state index is -0.128. The molecule has 3 aromatic rings. The number of anilines is 1. The van der Waals surface area contributed by atoms with E-state index in [1.165, 1.54) is 4.90 Å². The second-order valence-electron chi connectivity index (χ2n) is 4.57. The number of para-hydroxylation sites is 2. The summed E-state index contributed by atoms with van der Waals surface area (Å²) in [6.45, 7) is 0. The highest BCUT2D eigenvalue weighted by molar-refractivity contribution is 6.05. The fourth-order valence-corrected chi connectivity index (χ4v) is 2.21. The van der Waals surface area contributed by atoms with Crippen LogP contribution in [0.3, 0.4) is 0 Å². The van der Waals surface area contributed by atoms with Crippen molar-refractivity contribution in [1.82, 2.24) is 14.5 Å². The number of fused-ring (bicyclic) bond motifs is 1. The van der Waals surface area contributed by atoms with Crippen molar-refractivity contribution in [3.63, 3.8) is 0 Å². The molecule has 2 heterocycles. The lowest BCUT2D eigenvalue weighted by Crippen LogP contribution is -2.28. The first-order chi connectivity index (χ1) is 9.68. The Kier molecular flexibility index (Phi) is 2.95. The Balaban J connectivity index is 2.03. The molecule has 0 bridgehead atoms. The summed E-state index contributed by atoms with van der Waals surface area (Å²) in [7, 11) is 3.62. The van der Waals surface area contributed by atoms with Gasteiger partial charge in [0.25, 0.3) is 5.91 Å². The van der Waals surface area contributed by atoms with E-state index < -0.39 is 0 Å². The van der Waals surface area contributed by atoms with Crippen molar-refractivity contribution < 1.29 is 4.79 Å². The van der Waals surface area contributed by atoms with Crippen molar-refractivity contribution in [2.24, 2.45) is 7.05 Å². The maximum Gasteiger partial charge on any atom is 0.261 e. The molecule has 1 aromatic carbocycles. The van der Waals surface area contributed by atoms with Crippen LogP contribution in [0.25, 0.3) is 11.0 Å². The molecule has 5 nitrogen and oxygen atoms in total. The number of pyridine rings is 1. The zero-order chi connectivity index (χ0) is 14.1. The minimum Gasteiger partial charge on any atom is -0.313 e. The van der Waals surface area contributed by atoms with E-state index in [9.17, 15) is 4.79 Å². The summed E-state index contributed by atoms with van der Waals surface area (Å²) in [6.07, 6.45) is 3.20. The van der Waals surface area contributed by atoms with E-state index in [-0.39, 0.29) is 5.91 Å². The molecule has 5 heteroatoms. The van der Waals surface area contributed by atoms with Crippen molar-refractivity contribution in [1.29, 1.82) is 0 Å². The van der Waals surface area contributed by atoms with Gasteiger partial charge in [0.15, 0.2) is 0 Å². The highest BCUT2D eigenvalue weighted by Gasteiger charge is 2.18. The van der Waals surface area contributed by atoms with Gasteiger partial charge in [0.1, 0.15) is 0 Å². The second-order valence-corrected chi connectivity index (χ2v) is 4.57. The summed E-state index contributed by atoms with van der Waals surface area (Å²) >= 11 is 0. The smallest absolute Gasteiger partial charge is 0.261 e. The van der Waals surface area contributed by atoms with Crippen LogP contribution in [0.1, 0.15) is 10.4 Å². The first kappa shape index (κ1) is 12.3. The minimum absolute atomic E-state index is 0.128. The fraction of sp³-hybridized carbons (Fsp3) is 0.133. The maximum atomic E-state index is 12.4. The summed E-state index contributed by atoms with van der Waals surface area (Å²) in [4.78, 5) is 22.4. The van der Waals surface area contributed by atoms with Gasteiger partial charge in [-0.3, -0.25) is 14.7 Å². The number of imidazole rings is 1. The van der Waals surface area contributed by atoms with Gasteiger partial charge in [-0.15, -0.1) is 0 Å². The molecule has 0 aliphatic carbocycles. The Labute approximate surface area is 116 Å². The Bertz CT molecular complexity index is 764. The van der Waals surface area contributed by atoms with Gasteiger partial charge in [0.2, 0.25) is 5.95 Å². The van der Waals surface area contributed by atoms with Crippen LogP contribution < -0.4 is 4.90 Å². The van der Waals surface area contributed by atoms with E-state index in [0.29, 0.717) is 11.5 Å². The number of amides is 1. The number of aryl methyl sites for hydroxylation is 1. The molecule has 0 spiro atoms. The van der Waals surface area contributed by atoms with Crippen LogP contribution >= 0.6 is 0 Å². The molecule has 0 atom stereocenters. The molecule has 0 fully saturated rings. The molecule has 0 N–H and O–H groups in total. The van der Waals surface area contributed by atoms with Crippen LogP contribution in [0, 0.1) is 0 Å². The normalized spacial score (nSPS) is 10.7. The maximum absolute atomic E-state index is 12.4. The van der Waals surface area contributed by atoms with E-state index in [2.05, 4.69) is 9.97 Å². The third kappa shape index (κ3) is 1.93. The van der Waals surface area contributed by atoms with Crippen LogP contribution in [0.5, 0.6) is 0 Å². The highest BCUT2D eigenvalue weighted by Crippen LogP contribution is 2.21. The summed E-state index contributed by atoms with van der Waals surface area (Å²) in [6, 6.07) is 11.3. The first-order valence-electron chi connectivity index (χ1n) is 6.28. The van der Waals surface area contributed by atoms with Crippen molar-refractivity contribution in [2.45, 2.75) is 0 Å². The molecule has 0 unspecified atom stereocenters. The molecule has 0 aliphatic rings. The molecule has 0 aliphatic heterocycles. The molecule has 0 saturated heterocycles. The average molecular weight is 266 g/mol. The van der Waals surface area contributed by atoms with E-state index in [1.54, 1.807) is 31.6 Å². The van der Waals surface area contributed by atoms with Gasteiger partial charge >= 0.3 is 0 Å². The van der Waals surface area contributed by atoms with Crippen LogP contribution in [0.15, 0.2) is 48.8 Å². The molecular weight excluding hydrogens is 252 g/mol. The number of hydrogen-bond donors (Lipinski definition) is 0. The second kappa shape index (κ2) is 4.77. The van der Waals surface area contributed by atoms with Crippen LogP contribution in [-0.4, -0.2) is 27.5 Å². The third-order valence-electron chi connectivity index (χ3n) is 3.28. The van der Waals surface area contributed by atoms with Crippen molar-refractivity contribution in [3.05, 3.63) is 54.4 Å². The molecular formula is C15H14N4O. The van der Waals surface area contributed by atoms with E-state index in [0.717, 1.165) is 11.0 Å². The van der Waals surface area contributed by atoms with Crippen molar-refractivity contribution >= 4 is 22.9 Å². The van der Waals surface area contributed by atoms with Crippen LogP contribution in [0.4, 0.5) is 5.95 Å². The monoisotopic (exact) mass is 266 g/mol. The third-order valence-corrected chi connectivity index (χ3v) is 3.28. The lowest BCUT2D eigenvalue weighted by atomic mass is 10.2. The van der Waals surface area contributed by atoms with Crippen LogP contribution in [-0.2, 0) is 7.05 Å². The zero-order valence-electron chi connectivity index (χ0n) is 11.3. The summed E-state index contributed by atoms with van der Waals surface area (Å²) in [5.41, 5.74) is 2.41. The molecule has 100 valence electrons. The van der Waals surface area contributed by atoms with Gasteiger partial charge in [0.05, 0.1) is 16.6 Å². The van der Waals surface area contributed by atoms with Gasteiger partial charge in [-0.25, -0.2) is 4.98 Å². The summed E-state index contributed by atoms with van der Waals surface area (Å²) < 4.78 is 1.91. The van der Waals surface area contributed by atoms with Gasteiger partial charge in [0, 0.05) is 26.5 Å². The first-order valence-corrected chi connectivity index (χ1v) is 6.28. The Morgan fingerprint density at radius 1 is 1.20 bits per heavy atom. The molecule has 2 aromatic heterocycles. The highest BCUT2D eigenvalue weighted by atomic mass is 16.2. The summed E-state index contributed by atoms with van der Waals surface area (Å²) in [5.74, 6) is 0.483. The molecule has 1 amide bonds. The lowest BCUT2D eigenvalue weighted by Gasteiger charge is -2.16. The van der Waals surface area contributed by atoms with Gasteiger partial charge < -0.3 is 4.57 Å². The Morgan fingerprint density at radius 3 is 2.70 bits per heavy atom. The van der Waals surface area contributed by atoms with Crippen LogP contribution in [0.2, 0.25) is 0 Å². The lowest BCUT2D eigenvalue weighted by molar-refractivity contribution is 0.0990. The summed E-state index contributed by atoms with van der Waals surface area (Å²) in [5, 5.41) is 0. The number of benzene rings is 1. The number of aromatic nitrogens is 3. The predicted molar refractivity (Wildman–Crippen MR) is 77.7 cm³/mol. The van der Waals surface area contributed by atoms with Gasteiger partial charge in [-0.05, 0) is 24.3 Å². The van der Waals surface area contributed by atoms with Crippen molar-refractivity contribution in [3.8, 4) is 0 Å². The van der Waals surface area contributed by atoms with E-state index in [1.807, 2.05) is 35.9 Å². The quantitative estimate of drug-likeness (QED) is 0.714. The molecule has 20 heavy (non-hydrogen) atoms. The number of carbonyl (C=O) groups excluding carboxylic acids is 1. The number of nitrogens with zero attached hydrogens (tertiary/aromatic N) is 4. The number of carbonyl (C=O) groups is 1. The van der Waals surface area contributed by atoms with E-state index in [4.69, 9.17) is 0 Å². The van der Waals surface area contributed by atoms with Crippen molar-refractivity contribution in [2.75, 3.05) is 11.9 Å². The number of hydrogen-bond acceptors (Lipinski definition) is 3. The number of rotatable bonds is 2. The fourth-order valence-electron chi connectivity index (χ4n) is 2.21. The zero-order valence-corrected chi connectivity index (χ0v) is 11.3. The Hall–Kier alpha value is -2.69. The molecule has 3 rings (SSSR count). The average Bonchev–Trinajstić information content (AvgIpc) is 2.84. The topological polar surface area (TPSA) is 51.0 Å². The molecule has 0 saturated carbocycles. The van der Waals surface area contributed by atoms with Gasteiger partial charge in [-0.2, -0.15) is 0 Å². The predicted octanol–water partition coefficient (Wildman–Crippen LogP) is 2.24.